The molecule has 1 atom stereocenters. The Balaban J connectivity index is 1.86. The van der Waals surface area contributed by atoms with Crippen LogP contribution in [0, 0.1) is 5.92 Å². The topological polar surface area (TPSA) is 89.5 Å². The van der Waals surface area contributed by atoms with Gasteiger partial charge in [0.15, 0.2) is 16.4 Å². The third-order valence-corrected chi connectivity index (χ3v) is 5.88. The van der Waals surface area contributed by atoms with E-state index in [1.54, 1.807) is 0 Å². The number of carbonyl (C=O) groups excluding carboxylic acids is 2. The van der Waals surface area contributed by atoms with Gasteiger partial charge in [0.05, 0.1) is 27.8 Å². The van der Waals surface area contributed by atoms with Crippen molar-refractivity contribution in [2.24, 2.45) is 5.92 Å². The van der Waals surface area contributed by atoms with Crippen molar-refractivity contribution in [2.45, 2.75) is 19.0 Å². The Bertz CT molecular complexity index is 810. The molecule has 1 saturated heterocycles. The van der Waals surface area contributed by atoms with E-state index < -0.39 is 40.1 Å². The summed E-state index contributed by atoms with van der Waals surface area (Å²) in [5.41, 5.74) is -1.25. The molecule has 1 fully saturated rings. The Morgan fingerprint density at radius 2 is 2.00 bits per heavy atom. The second kappa shape index (κ2) is 7.83. The zero-order valence-corrected chi connectivity index (χ0v) is 14.9. The molecule has 2 rings (SSSR count). The predicted octanol–water partition coefficient (Wildman–Crippen LogP) is 2.67. The van der Waals surface area contributed by atoms with Crippen molar-refractivity contribution in [3.05, 3.63) is 28.8 Å². The summed E-state index contributed by atoms with van der Waals surface area (Å²) >= 11 is 5.75. The van der Waals surface area contributed by atoms with Gasteiger partial charge in [-0.25, -0.2) is 8.42 Å². The summed E-state index contributed by atoms with van der Waals surface area (Å²) in [7, 11) is -3.13. The standard InChI is InChI=1S/C15H15ClF3NO5S/c16-11-2-1-10(15(17,18)19)6-12(11)20-13(21)7-25-14(22)5-9-3-4-26(23,24)8-9/h1-2,6,9H,3-5,7-8H2,(H,20,21)/t9-/m1/s1. The Labute approximate surface area is 152 Å². The van der Waals surface area contributed by atoms with Crippen LogP contribution >= 0.6 is 11.6 Å². The number of alkyl halides is 3. The minimum atomic E-state index is -4.60. The quantitative estimate of drug-likeness (QED) is 0.749. The molecule has 0 saturated carbocycles. The average Bonchev–Trinajstić information content (AvgIpc) is 2.85. The van der Waals surface area contributed by atoms with E-state index in [1.165, 1.54) is 0 Å². The van der Waals surface area contributed by atoms with Gasteiger partial charge in [0.1, 0.15) is 0 Å². The van der Waals surface area contributed by atoms with Crippen LogP contribution in [0.5, 0.6) is 0 Å². The molecular formula is C15H15ClF3NO5S. The van der Waals surface area contributed by atoms with Crippen LogP contribution in [0.4, 0.5) is 18.9 Å². The highest BCUT2D eigenvalue weighted by atomic mass is 35.5. The molecule has 1 aliphatic rings. The first-order valence-electron chi connectivity index (χ1n) is 7.49. The number of benzene rings is 1. The zero-order valence-electron chi connectivity index (χ0n) is 13.3. The monoisotopic (exact) mass is 413 g/mol. The summed E-state index contributed by atoms with van der Waals surface area (Å²) < 4.78 is 65.4. The molecule has 0 radical (unpaired) electrons. The zero-order chi connectivity index (χ0) is 19.5. The largest absolute Gasteiger partial charge is 0.456 e. The maximum Gasteiger partial charge on any atom is 0.416 e. The number of sulfone groups is 1. The molecular weight excluding hydrogens is 399 g/mol. The fourth-order valence-corrected chi connectivity index (χ4v) is 4.48. The summed E-state index contributed by atoms with van der Waals surface area (Å²) in [5, 5.41) is 2.04. The number of amides is 1. The van der Waals surface area contributed by atoms with Gasteiger partial charge in [0, 0.05) is 6.42 Å². The van der Waals surface area contributed by atoms with E-state index in [1.807, 2.05) is 0 Å². The normalized spacial score (nSPS) is 19.2. The van der Waals surface area contributed by atoms with Crippen molar-refractivity contribution in [1.82, 2.24) is 0 Å². The smallest absolute Gasteiger partial charge is 0.416 e. The first-order chi connectivity index (χ1) is 12.0. The second-order valence-corrected chi connectivity index (χ2v) is 8.51. The highest BCUT2D eigenvalue weighted by Gasteiger charge is 2.31. The number of rotatable bonds is 5. The molecule has 144 valence electrons. The number of halogens is 4. The van der Waals surface area contributed by atoms with Gasteiger partial charge in [0.25, 0.3) is 5.91 Å². The van der Waals surface area contributed by atoms with E-state index in [4.69, 9.17) is 16.3 Å². The Morgan fingerprint density at radius 1 is 1.31 bits per heavy atom. The molecule has 6 nitrogen and oxygen atoms in total. The van der Waals surface area contributed by atoms with E-state index in [0.29, 0.717) is 12.5 Å². The fourth-order valence-electron chi connectivity index (χ4n) is 2.46. The van der Waals surface area contributed by atoms with Crippen LogP contribution in [0.1, 0.15) is 18.4 Å². The van der Waals surface area contributed by atoms with Gasteiger partial charge in [-0.05, 0) is 30.5 Å². The fraction of sp³-hybridized carbons (Fsp3) is 0.467. The van der Waals surface area contributed by atoms with Crippen LogP contribution in [-0.2, 0) is 30.3 Å². The minimum Gasteiger partial charge on any atom is -0.456 e. The SMILES string of the molecule is O=C(COC(=O)C[C@H]1CCS(=O)(=O)C1)Nc1cc(C(F)(F)F)ccc1Cl. The third kappa shape index (κ3) is 5.87. The van der Waals surface area contributed by atoms with E-state index in [9.17, 15) is 31.2 Å². The molecule has 26 heavy (non-hydrogen) atoms. The summed E-state index contributed by atoms with van der Waals surface area (Å²) in [6.45, 7) is -0.717. The molecule has 1 heterocycles. The van der Waals surface area contributed by atoms with Crippen molar-refractivity contribution in [3.8, 4) is 0 Å². The molecule has 0 unspecified atom stereocenters. The number of ether oxygens (including phenoxy) is 1. The summed E-state index contributed by atoms with van der Waals surface area (Å²) in [6, 6.07) is 2.44. The Morgan fingerprint density at radius 3 is 2.58 bits per heavy atom. The highest BCUT2D eigenvalue weighted by Crippen LogP contribution is 2.33. The molecule has 1 N–H and O–H groups in total. The Hall–Kier alpha value is -1.81. The van der Waals surface area contributed by atoms with Crippen molar-refractivity contribution in [3.63, 3.8) is 0 Å². The number of hydrogen-bond acceptors (Lipinski definition) is 5. The molecule has 0 bridgehead atoms. The lowest BCUT2D eigenvalue weighted by Crippen LogP contribution is -2.22. The summed E-state index contributed by atoms with van der Waals surface area (Å²) in [5.74, 6) is -2.06. The molecule has 0 aromatic heterocycles. The van der Waals surface area contributed by atoms with E-state index in [-0.39, 0.29) is 34.6 Å². The molecule has 1 aromatic carbocycles. The predicted molar refractivity (Wildman–Crippen MR) is 87.4 cm³/mol. The van der Waals surface area contributed by atoms with Crippen molar-refractivity contribution >= 4 is 39.0 Å². The lowest BCUT2D eigenvalue weighted by molar-refractivity contribution is -0.148. The van der Waals surface area contributed by atoms with E-state index in [2.05, 4.69) is 5.32 Å². The molecule has 1 aliphatic heterocycles. The van der Waals surface area contributed by atoms with Gasteiger partial charge in [-0.15, -0.1) is 0 Å². The average molecular weight is 414 g/mol. The minimum absolute atomic E-state index is 0.0134. The van der Waals surface area contributed by atoms with Crippen LogP contribution < -0.4 is 5.32 Å². The van der Waals surface area contributed by atoms with Crippen LogP contribution in [0.3, 0.4) is 0 Å². The lowest BCUT2D eigenvalue weighted by Gasteiger charge is -2.12. The third-order valence-electron chi connectivity index (χ3n) is 3.71. The van der Waals surface area contributed by atoms with Crippen molar-refractivity contribution < 1.29 is 35.9 Å². The van der Waals surface area contributed by atoms with Gasteiger partial charge < -0.3 is 10.1 Å². The lowest BCUT2D eigenvalue weighted by atomic mass is 10.1. The number of nitrogens with one attached hydrogen (secondary N) is 1. The summed E-state index contributed by atoms with van der Waals surface area (Å²) in [6.07, 6.45) is -4.39. The molecule has 0 aliphatic carbocycles. The molecule has 1 amide bonds. The number of esters is 1. The van der Waals surface area contributed by atoms with Gasteiger partial charge >= 0.3 is 12.1 Å². The van der Waals surface area contributed by atoms with Gasteiger partial charge in [-0.3, -0.25) is 9.59 Å². The van der Waals surface area contributed by atoms with Crippen LogP contribution in [0.15, 0.2) is 18.2 Å². The van der Waals surface area contributed by atoms with Crippen LogP contribution in [0.2, 0.25) is 5.02 Å². The van der Waals surface area contributed by atoms with Gasteiger partial charge in [0.2, 0.25) is 0 Å². The first kappa shape index (κ1) is 20.5. The molecule has 11 heteroatoms. The van der Waals surface area contributed by atoms with E-state index in [0.717, 1.165) is 12.1 Å². The molecule has 0 spiro atoms. The van der Waals surface area contributed by atoms with Crippen LogP contribution in [-0.4, -0.2) is 38.4 Å². The molecule has 1 aromatic rings. The number of anilines is 1. The van der Waals surface area contributed by atoms with E-state index >= 15 is 0 Å². The van der Waals surface area contributed by atoms with Gasteiger partial charge in [-0.1, -0.05) is 11.6 Å². The summed E-state index contributed by atoms with van der Waals surface area (Å²) in [4.78, 5) is 23.4. The first-order valence-corrected chi connectivity index (χ1v) is 9.69. The van der Waals surface area contributed by atoms with Gasteiger partial charge in [-0.2, -0.15) is 13.2 Å². The Kier molecular flexibility index (Phi) is 6.17. The van der Waals surface area contributed by atoms with Crippen LogP contribution in [0.25, 0.3) is 0 Å². The highest BCUT2D eigenvalue weighted by molar-refractivity contribution is 7.91. The number of carbonyl (C=O) groups is 2. The second-order valence-electron chi connectivity index (χ2n) is 5.87. The van der Waals surface area contributed by atoms with Crippen molar-refractivity contribution in [1.29, 1.82) is 0 Å². The maximum atomic E-state index is 12.7. The number of hydrogen-bond donors (Lipinski definition) is 1. The van der Waals surface area contributed by atoms with Crippen molar-refractivity contribution in [2.75, 3.05) is 23.4 Å². The maximum absolute atomic E-state index is 12.7.